The van der Waals surface area contributed by atoms with Gasteiger partial charge in [0.2, 0.25) is 0 Å². The second kappa shape index (κ2) is 8.60. The van der Waals surface area contributed by atoms with Crippen molar-refractivity contribution in [3.8, 4) is 11.3 Å². The first-order valence-electron chi connectivity index (χ1n) is 10.2. The van der Waals surface area contributed by atoms with E-state index in [1.807, 2.05) is 23.0 Å². The minimum absolute atomic E-state index is 0.416. The number of rotatable bonds is 7. The average molecular weight is 412 g/mol. The zero-order valence-corrected chi connectivity index (χ0v) is 18.5. The number of hydrogen-bond donors (Lipinski definition) is 0. The highest BCUT2D eigenvalue weighted by Crippen LogP contribution is 2.29. The molecule has 0 aliphatic carbocycles. The maximum atomic E-state index is 5.93. The zero-order valence-electron chi connectivity index (χ0n) is 17.5. The highest BCUT2D eigenvalue weighted by molar-refractivity contribution is 6.76. The Morgan fingerprint density at radius 2 is 1.93 bits per heavy atom. The molecule has 1 saturated heterocycles. The van der Waals surface area contributed by atoms with E-state index in [1.165, 1.54) is 0 Å². The number of pyridine rings is 2. The van der Waals surface area contributed by atoms with Gasteiger partial charge >= 0.3 is 0 Å². The van der Waals surface area contributed by atoms with Crippen LogP contribution in [0.2, 0.25) is 25.7 Å². The molecule has 1 fully saturated rings. The van der Waals surface area contributed by atoms with E-state index >= 15 is 0 Å². The van der Waals surface area contributed by atoms with Gasteiger partial charge in [0, 0.05) is 51.1 Å². The third kappa shape index (κ3) is 4.83. The first kappa shape index (κ1) is 20.0. The number of ether oxygens (including phenoxy) is 2. The summed E-state index contributed by atoms with van der Waals surface area (Å²) in [6.07, 6.45) is 3.66. The van der Waals surface area contributed by atoms with E-state index < -0.39 is 8.07 Å². The van der Waals surface area contributed by atoms with Gasteiger partial charge in [-0.05, 0) is 30.3 Å². The van der Waals surface area contributed by atoms with Crippen molar-refractivity contribution in [1.82, 2.24) is 19.7 Å². The maximum Gasteiger partial charge on any atom is 0.160 e. The molecule has 0 radical (unpaired) electrons. The fraction of sp³-hybridized carbons (Fsp3) is 0.476. The monoisotopic (exact) mass is 411 g/mol. The Morgan fingerprint density at radius 3 is 2.72 bits per heavy atom. The Kier molecular flexibility index (Phi) is 5.93. The van der Waals surface area contributed by atoms with Crippen molar-refractivity contribution in [3.63, 3.8) is 0 Å². The molecule has 0 aromatic carbocycles. The van der Waals surface area contributed by atoms with Crippen LogP contribution in [0.4, 0.5) is 5.82 Å². The normalized spacial score (nSPS) is 15.2. The molecule has 0 spiro atoms. The molecule has 0 N–H and O–H groups in total. The predicted molar refractivity (Wildman–Crippen MR) is 118 cm³/mol. The lowest BCUT2D eigenvalue weighted by molar-refractivity contribution is 0.0814. The standard InChI is InChI=1S/C21H29N5O2Si/c1-29(2,3)14-13-28-16-26-21-18(5-4-7-23-21)20(24-26)17-6-8-22-19(15-17)25-9-11-27-12-10-25/h4-8,15H,9-14,16H2,1-3H3. The summed E-state index contributed by atoms with van der Waals surface area (Å²) in [5.41, 5.74) is 2.80. The van der Waals surface area contributed by atoms with E-state index in [0.29, 0.717) is 6.73 Å². The summed E-state index contributed by atoms with van der Waals surface area (Å²) in [4.78, 5) is 11.4. The van der Waals surface area contributed by atoms with Gasteiger partial charge in [0.05, 0.1) is 13.2 Å². The van der Waals surface area contributed by atoms with Crippen LogP contribution in [0.3, 0.4) is 0 Å². The summed E-state index contributed by atoms with van der Waals surface area (Å²) in [5, 5.41) is 5.88. The Morgan fingerprint density at radius 1 is 1.10 bits per heavy atom. The first-order chi connectivity index (χ1) is 14.0. The highest BCUT2D eigenvalue weighted by Gasteiger charge is 2.17. The Bertz CT molecular complexity index is 963. The summed E-state index contributed by atoms with van der Waals surface area (Å²) in [7, 11) is -1.11. The molecule has 4 rings (SSSR count). The molecule has 0 unspecified atom stereocenters. The quantitative estimate of drug-likeness (QED) is 0.437. The average Bonchev–Trinajstić information content (AvgIpc) is 3.10. The molecule has 3 aromatic heterocycles. The molecule has 29 heavy (non-hydrogen) atoms. The van der Waals surface area contributed by atoms with E-state index in [9.17, 15) is 0 Å². The van der Waals surface area contributed by atoms with Crippen molar-refractivity contribution in [1.29, 1.82) is 0 Å². The van der Waals surface area contributed by atoms with Crippen molar-refractivity contribution < 1.29 is 9.47 Å². The number of aromatic nitrogens is 4. The Balaban J connectivity index is 1.59. The van der Waals surface area contributed by atoms with Crippen LogP contribution in [0.1, 0.15) is 0 Å². The number of fused-ring (bicyclic) bond motifs is 1. The van der Waals surface area contributed by atoms with Crippen molar-refractivity contribution in [2.24, 2.45) is 0 Å². The van der Waals surface area contributed by atoms with Gasteiger partial charge in [-0.25, -0.2) is 14.6 Å². The van der Waals surface area contributed by atoms with Crippen molar-refractivity contribution >= 4 is 24.9 Å². The minimum Gasteiger partial charge on any atom is -0.378 e. The van der Waals surface area contributed by atoms with Gasteiger partial charge < -0.3 is 14.4 Å². The van der Waals surface area contributed by atoms with Crippen molar-refractivity contribution in [2.75, 3.05) is 37.8 Å². The van der Waals surface area contributed by atoms with Crippen LogP contribution in [0.15, 0.2) is 36.7 Å². The topological polar surface area (TPSA) is 65.3 Å². The fourth-order valence-electron chi connectivity index (χ4n) is 3.37. The summed E-state index contributed by atoms with van der Waals surface area (Å²) in [6, 6.07) is 9.28. The molecular formula is C21H29N5O2Si. The van der Waals surface area contributed by atoms with Crippen LogP contribution in [0.5, 0.6) is 0 Å². The van der Waals surface area contributed by atoms with Gasteiger partial charge in [-0.2, -0.15) is 5.10 Å². The minimum atomic E-state index is -1.11. The van der Waals surface area contributed by atoms with Gasteiger partial charge in [0.1, 0.15) is 18.2 Å². The maximum absolute atomic E-state index is 5.93. The lowest BCUT2D eigenvalue weighted by Crippen LogP contribution is -2.36. The van der Waals surface area contributed by atoms with Crippen LogP contribution in [-0.4, -0.2) is 60.7 Å². The van der Waals surface area contributed by atoms with E-state index in [0.717, 1.165) is 67.1 Å². The molecule has 0 amide bonds. The molecule has 0 bridgehead atoms. The van der Waals surface area contributed by atoms with Gasteiger partial charge in [-0.15, -0.1) is 0 Å². The van der Waals surface area contributed by atoms with Crippen molar-refractivity contribution in [3.05, 3.63) is 36.7 Å². The molecule has 3 aromatic rings. The second-order valence-corrected chi connectivity index (χ2v) is 14.2. The second-order valence-electron chi connectivity index (χ2n) is 8.57. The first-order valence-corrected chi connectivity index (χ1v) is 13.9. The van der Waals surface area contributed by atoms with Crippen LogP contribution < -0.4 is 4.90 Å². The van der Waals surface area contributed by atoms with Crippen molar-refractivity contribution in [2.45, 2.75) is 32.4 Å². The number of nitrogens with zero attached hydrogens (tertiary/aromatic N) is 5. The molecule has 8 heteroatoms. The largest absolute Gasteiger partial charge is 0.378 e. The lowest BCUT2D eigenvalue weighted by atomic mass is 10.1. The Hall–Kier alpha value is -2.29. The summed E-state index contributed by atoms with van der Waals surface area (Å²) >= 11 is 0. The smallest absolute Gasteiger partial charge is 0.160 e. The summed E-state index contributed by atoms with van der Waals surface area (Å²) in [5.74, 6) is 0.962. The number of hydrogen-bond acceptors (Lipinski definition) is 6. The molecule has 7 nitrogen and oxygen atoms in total. The van der Waals surface area contributed by atoms with Gasteiger partial charge in [-0.1, -0.05) is 19.6 Å². The third-order valence-corrected chi connectivity index (χ3v) is 6.78. The molecule has 154 valence electrons. The van der Waals surface area contributed by atoms with E-state index in [2.05, 4.69) is 46.6 Å². The Labute approximate surface area is 172 Å². The lowest BCUT2D eigenvalue weighted by Gasteiger charge is -2.27. The van der Waals surface area contributed by atoms with Gasteiger partial charge in [0.15, 0.2) is 5.65 Å². The van der Waals surface area contributed by atoms with Crippen LogP contribution >= 0.6 is 0 Å². The zero-order chi connectivity index (χ0) is 20.3. The molecular weight excluding hydrogens is 382 g/mol. The van der Waals surface area contributed by atoms with Crippen LogP contribution in [0, 0.1) is 0 Å². The number of anilines is 1. The summed E-state index contributed by atoms with van der Waals surface area (Å²) in [6.45, 7) is 11.4. The van der Waals surface area contributed by atoms with Gasteiger partial charge in [-0.3, -0.25) is 0 Å². The molecule has 1 aliphatic heterocycles. The molecule has 1 aliphatic rings. The van der Waals surface area contributed by atoms with E-state index in [1.54, 1.807) is 6.20 Å². The van der Waals surface area contributed by atoms with Crippen LogP contribution in [0.25, 0.3) is 22.3 Å². The number of morpholine rings is 1. The molecule has 0 atom stereocenters. The summed E-state index contributed by atoms with van der Waals surface area (Å²) < 4.78 is 13.3. The van der Waals surface area contributed by atoms with Gasteiger partial charge in [0.25, 0.3) is 0 Å². The van der Waals surface area contributed by atoms with E-state index in [4.69, 9.17) is 14.6 Å². The fourth-order valence-corrected chi connectivity index (χ4v) is 4.13. The van der Waals surface area contributed by atoms with E-state index in [-0.39, 0.29) is 0 Å². The highest BCUT2D eigenvalue weighted by atomic mass is 28.3. The SMILES string of the molecule is C[Si](C)(C)CCOCn1nc(-c2ccnc(N3CCOCC3)c2)c2cccnc21. The predicted octanol–water partition coefficient (Wildman–Crippen LogP) is 3.64. The van der Waals surface area contributed by atoms with Crippen LogP contribution in [-0.2, 0) is 16.2 Å². The molecule has 4 heterocycles. The third-order valence-electron chi connectivity index (χ3n) is 5.07. The molecule has 0 saturated carbocycles.